The summed E-state index contributed by atoms with van der Waals surface area (Å²) in [5.74, 6) is -1.51. The Morgan fingerprint density at radius 1 is 1.14 bits per heavy atom. The summed E-state index contributed by atoms with van der Waals surface area (Å²) < 4.78 is 16.5. The van der Waals surface area contributed by atoms with E-state index in [0.29, 0.717) is 0 Å². The number of aliphatic hydroxyl groups is 4. The molecule has 0 saturated carbocycles. The zero-order valence-electron chi connectivity index (χ0n) is 11.5. The molecule has 2 saturated heterocycles. The Balaban J connectivity index is 2.10. The van der Waals surface area contributed by atoms with E-state index in [1.54, 1.807) is 0 Å². The molecule has 0 bridgehead atoms. The highest BCUT2D eigenvalue weighted by Gasteiger charge is 2.52. The molecule has 0 aromatic carbocycles. The monoisotopic (exact) mass is 380 g/mol. The van der Waals surface area contributed by atoms with Gasteiger partial charge in [0.2, 0.25) is 0 Å². The normalized spacial score (nSPS) is 49.5. The van der Waals surface area contributed by atoms with Crippen LogP contribution < -0.4 is 0 Å². The van der Waals surface area contributed by atoms with Gasteiger partial charge in [0.1, 0.15) is 24.4 Å². The Morgan fingerprint density at radius 3 is 2.32 bits per heavy atom. The highest BCUT2D eigenvalue weighted by atomic mass is 35.5. The third-order valence-corrected chi connectivity index (χ3v) is 5.05. The SMILES string of the molecule is OCC1O[C@H](O[C@]2(CCl)CC(O)[C@@H](CCl)O2)C(O)C(O)[C@H]1Cl. The molecule has 0 aliphatic carbocycles. The average molecular weight is 382 g/mol. The summed E-state index contributed by atoms with van der Waals surface area (Å²) in [7, 11) is 0. The fourth-order valence-corrected chi connectivity index (χ4v) is 3.32. The fourth-order valence-electron chi connectivity index (χ4n) is 2.53. The van der Waals surface area contributed by atoms with Gasteiger partial charge in [0.15, 0.2) is 12.1 Å². The van der Waals surface area contributed by atoms with Gasteiger partial charge >= 0.3 is 0 Å². The molecule has 7 nitrogen and oxygen atoms in total. The second-order valence-corrected chi connectivity index (χ2v) is 6.48. The first-order valence-electron chi connectivity index (χ1n) is 6.79. The van der Waals surface area contributed by atoms with Gasteiger partial charge in [-0.15, -0.1) is 34.8 Å². The second kappa shape index (κ2) is 7.65. The average Bonchev–Trinajstić information content (AvgIpc) is 2.84. The van der Waals surface area contributed by atoms with Crippen LogP contribution in [0.4, 0.5) is 0 Å². The quantitative estimate of drug-likeness (QED) is 0.470. The summed E-state index contributed by atoms with van der Waals surface area (Å²) in [5, 5.41) is 38.0. The van der Waals surface area contributed by atoms with E-state index in [2.05, 4.69) is 0 Å². The van der Waals surface area contributed by atoms with Crippen molar-refractivity contribution in [2.75, 3.05) is 18.4 Å². The summed E-state index contributed by atoms with van der Waals surface area (Å²) in [6.45, 7) is -0.459. The molecule has 10 heteroatoms. The van der Waals surface area contributed by atoms with Crippen molar-refractivity contribution < 1.29 is 34.6 Å². The van der Waals surface area contributed by atoms with E-state index in [1.807, 2.05) is 0 Å². The number of rotatable bonds is 5. The molecule has 22 heavy (non-hydrogen) atoms. The predicted octanol–water partition coefficient (Wildman–Crippen LogP) is -0.627. The van der Waals surface area contributed by atoms with Crippen LogP contribution in [0.25, 0.3) is 0 Å². The van der Waals surface area contributed by atoms with Crippen LogP contribution in [0.5, 0.6) is 0 Å². The van der Waals surface area contributed by atoms with E-state index in [0.717, 1.165) is 0 Å². The Morgan fingerprint density at radius 2 is 1.82 bits per heavy atom. The zero-order chi connectivity index (χ0) is 16.5. The van der Waals surface area contributed by atoms with Gasteiger partial charge in [0.25, 0.3) is 0 Å². The van der Waals surface area contributed by atoms with Gasteiger partial charge in [-0.05, 0) is 0 Å². The molecular formula is C12H19Cl3O7. The standard InChI is InChI=1S/C12H19Cl3O7/c13-2-6-5(17)1-12(4-14,21-6)22-11-10(19)9(18)8(15)7(3-16)20-11/h5-11,16-19H,1-4H2/t5?,6-,7?,8+,9?,10?,11-,12+/m1/s1. The molecule has 0 amide bonds. The summed E-state index contributed by atoms with van der Waals surface area (Å²) in [6.07, 6.45) is -6.57. The van der Waals surface area contributed by atoms with Crippen molar-refractivity contribution in [2.24, 2.45) is 0 Å². The summed E-state index contributed by atoms with van der Waals surface area (Å²) in [4.78, 5) is 0. The van der Waals surface area contributed by atoms with Crippen LogP contribution in [0.3, 0.4) is 0 Å². The van der Waals surface area contributed by atoms with Crippen molar-refractivity contribution >= 4 is 34.8 Å². The fraction of sp³-hybridized carbons (Fsp3) is 1.00. The minimum Gasteiger partial charge on any atom is -0.394 e. The molecule has 0 spiro atoms. The van der Waals surface area contributed by atoms with E-state index in [9.17, 15) is 20.4 Å². The summed E-state index contributed by atoms with van der Waals surface area (Å²) in [5.41, 5.74) is 0. The molecule has 0 aromatic rings. The van der Waals surface area contributed by atoms with Gasteiger partial charge in [-0.2, -0.15) is 0 Å². The Bertz CT molecular complexity index is 375. The largest absolute Gasteiger partial charge is 0.394 e. The Kier molecular flexibility index (Phi) is 6.58. The maximum atomic E-state index is 10.0. The zero-order valence-corrected chi connectivity index (χ0v) is 13.8. The van der Waals surface area contributed by atoms with Gasteiger partial charge in [-0.3, -0.25) is 0 Å². The van der Waals surface area contributed by atoms with E-state index in [4.69, 9.17) is 49.0 Å². The summed E-state index contributed by atoms with van der Waals surface area (Å²) in [6, 6.07) is 0. The number of halogens is 3. The molecule has 4 N–H and O–H groups in total. The number of ether oxygens (including phenoxy) is 3. The van der Waals surface area contributed by atoms with Crippen molar-refractivity contribution in [3.8, 4) is 0 Å². The van der Waals surface area contributed by atoms with Gasteiger partial charge in [-0.25, -0.2) is 0 Å². The van der Waals surface area contributed by atoms with Crippen molar-refractivity contribution in [1.82, 2.24) is 0 Å². The first-order chi connectivity index (χ1) is 10.4. The number of hydrogen-bond donors (Lipinski definition) is 4. The maximum absolute atomic E-state index is 10.0. The molecule has 0 aromatic heterocycles. The highest BCUT2D eigenvalue weighted by molar-refractivity contribution is 6.21. The summed E-state index contributed by atoms with van der Waals surface area (Å²) >= 11 is 17.4. The molecule has 0 radical (unpaired) electrons. The Hall–Kier alpha value is 0.590. The first-order valence-corrected chi connectivity index (χ1v) is 8.30. The van der Waals surface area contributed by atoms with Gasteiger partial charge in [-0.1, -0.05) is 0 Å². The lowest BCUT2D eigenvalue weighted by atomic mass is 10.0. The van der Waals surface area contributed by atoms with Crippen LogP contribution in [0, 0.1) is 0 Å². The maximum Gasteiger partial charge on any atom is 0.189 e. The minimum absolute atomic E-state index is 0.0324. The van der Waals surface area contributed by atoms with Gasteiger partial charge in [0.05, 0.1) is 29.8 Å². The van der Waals surface area contributed by atoms with E-state index < -0.39 is 54.6 Å². The molecule has 8 atom stereocenters. The van der Waals surface area contributed by atoms with E-state index >= 15 is 0 Å². The van der Waals surface area contributed by atoms with Crippen molar-refractivity contribution in [3.63, 3.8) is 0 Å². The lowest BCUT2D eigenvalue weighted by Crippen LogP contribution is -2.59. The van der Waals surface area contributed by atoms with Crippen LogP contribution in [0.15, 0.2) is 0 Å². The second-order valence-electron chi connectivity index (χ2n) is 5.40. The molecule has 130 valence electrons. The lowest BCUT2D eigenvalue weighted by molar-refractivity contribution is -0.344. The van der Waals surface area contributed by atoms with Crippen LogP contribution in [-0.2, 0) is 14.2 Å². The first kappa shape index (κ1) is 18.9. The van der Waals surface area contributed by atoms with E-state index in [1.165, 1.54) is 0 Å². The topological polar surface area (TPSA) is 109 Å². The molecule has 2 rings (SSSR count). The Labute approximate surface area is 142 Å². The third kappa shape index (κ3) is 3.64. The van der Waals surface area contributed by atoms with Crippen molar-refractivity contribution in [1.29, 1.82) is 0 Å². The van der Waals surface area contributed by atoms with Crippen LogP contribution in [0.2, 0.25) is 0 Å². The van der Waals surface area contributed by atoms with Crippen molar-refractivity contribution in [3.05, 3.63) is 0 Å². The number of hydrogen-bond acceptors (Lipinski definition) is 7. The van der Waals surface area contributed by atoms with Crippen LogP contribution in [-0.4, -0.2) is 86.8 Å². The third-order valence-electron chi connectivity index (χ3n) is 3.80. The van der Waals surface area contributed by atoms with Crippen LogP contribution >= 0.6 is 34.8 Å². The lowest BCUT2D eigenvalue weighted by Gasteiger charge is -2.42. The number of alkyl halides is 3. The predicted molar refractivity (Wildman–Crippen MR) is 78.2 cm³/mol. The number of aliphatic hydroxyl groups excluding tert-OH is 4. The van der Waals surface area contributed by atoms with Crippen molar-refractivity contribution in [2.45, 2.75) is 54.4 Å². The van der Waals surface area contributed by atoms with Gasteiger partial charge < -0.3 is 34.6 Å². The molecule has 4 unspecified atom stereocenters. The highest BCUT2D eigenvalue weighted by Crippen LogP contribution is 2.37. The molecule has 2 aliphatic rings. The molecule has 2 fully saturated rings. The van der Waals surface area contributed by atoms with Crippen LogP contribution in [0.1, 0.15) is 6.42 Å². The van der Waals surface area contributed by atoms with E-state index in [-0.39, 0.29) is 18.2 Å². The minimum atomic E-state index is -1.46. The van der Waals surface area contributed by atoms with Gasteiger partial charge in [0, 0.05) is 6.42 Å². The molecule has 2 heterocycles. The molecule has 2 aliphatic heterocycles. The smallest absolute Gasteiger partial charge is 0.189 e. The molecular weight excluding hydrogens is 362 g/mol.